The highest BCUT2D eigenvalue weighted by Crippen LogP contribution is 2.38. The molecule has 0 radical (unpaired) electrons. The lowest BCUT2D eigenvalue weighted by Gasteiger charge is -2.42. The summed E-state index contributed by atoms with van der Waals surface area (Å²) < 4.78 is 7.24. The molecule has 0 saturated carbocycles. The molecule has 3 aromatic rings. The number of pyridine rings is 1. The number of rotatable bonds is 2. The van der Waals surface area contributed by atoms with Gasteiger partial charge in [0.1, 0.15) is 11.4 Å². The van der Waals surface area contributed by atoms with E-state index in [1.807, 2.05) is 33.7 Å². The number of aromatic nitrogens is 3. The highest BCUT2D eigenvalue weighted by atomic mass is 16.5. The van der Waals surface area contributed by atoms with E-state index in [0.717, 1.165) is 47.5 Å². The van der Waals surface area contributed by atoms with Gasteiger partial charge in [-0.05, 0) is 55.0 Å². The molecule has 4 heterocycles. The molecular weight excluding hydrogens is 392 g/mol. The number of hydrogen-bond acceptors (Lipinski definition) is 4. The van der Waals surface area contributed by atoms with Crippen molar-refractivity contribution in [3.8, 4) is 17.0 Å². The Morgan fingerprint density at radius 1 is 1.16 bits per heavy atom. The van der Waals surface area contributed by atoms with Crippen LogP contribution in [0.2, 0.25) is 0 Å². The summed E-state index contributed by atoms with van der Waals surface area (Å²) >= 11 is 0. The summed E-state index contributed by atoms with van der Waals surface area (Å²) in [5, 5.41) is 7.58. The Balaban J connectivity index is 1.31. The number of likely N-dealkylation sites (tertiary alicyclic amines) is 1. The first-order valence-electron chi connectivity index (χ1n) is 10.9. The SMILES string of the molecule is COc1ccc2c(c1)CCc1c-2n[nH]c1C(=O)N1CC2CC(C1)c1cccc(=O)n1C2. The molecule has 31 heavy (non-hydrogen) atoms. The van der Waals surface area contributed by atoms with Crippen LogP contribution in [-0.4, -0.2) is 45.8 Å². The molecule has 2 aliphatic heterocycles. The van der Waals surface area contributed by atoms with Crippen LogP contribution in [0.4, 0.5) is 0 Å². The molecule has 7 heteroatoms. The van der Waals surface area contributed by atoms with E-state index in [1.165, 1.54) is 5.56 Å². The smallest absolute Gasteiger partial charge is 0.272 e. The summed E-state index contributed by atoms with van der Waals surface area (Å²) in [6.07, 6.45) is 2.68. The first kappa shape index (κ1) is 18.4. The second-order valence-electron chi connectivity index (χ2n) is 8.86. The van der Waals surface area contributed by atoms with Gasteiger partial charge in [-0.15, -0.1) is 0 Å². The lowest BCUT2D eigenvalue weighted by Crippen LogP contribution is -2.49. The van der Waals surface area contributed by atoms with Crippen LogP contribution in [-0.2, 0) is 19.4 Å². The van der Waals surface area contributed by atoms with E-state index in [2.05, 4.69) is 16.3 Å². The number of nitrogens with zero attached hydrogens (tertiary/aromatic N) is 3. The van der Waals surface area contributed by atoms with Crippen LogP contribution in [0.25, 0.3) is 11.3 Å². The molecule has 2 bridgehead atoms. The van der Waals surface area contributed by atoms with Gasteiger partial charge in [-0.2, -0.15) is 5.10 Å². The number of aromatic amines is 1. The van der Waals surface area contributed by atoms with Crippen molar-refractivity contribution in [3.05, 3.63) is 69.3 Å². The summed E-state index contributed by atoms with van der Waals surface area (Å²) in [5.41, 5.74) is 5.88. The molecule has 1 aliphatic carbocycles. The fraction of sp³-hybridized carbons (Fsp3) is 0.375. The molecule has 2 aromatic heterocycles. The van der Waals surface area contributed by atoms with E-state index in [-0.39, 0.29) is 17.4 Å². The molecule has 1 N–H and O–H groups in total. The molecule has 2 unspecified atom stereocenters. The highest BCUT2D eigenvalue weighted by molar-refractivity contribution is 5.96. The fourth-order valence-electron chi connectivity index (χ4n) is 5.62. The van der Waals surface area contributed by atoms with Crippen molar-refractivity contribution in [3.63, 3.8) is 0 Å². The van der Waals surface area contributed by atoms with Gasteiger partial charge in [0.05, 0.1) is 12.8 Å². The minimum atomic E-state index is 0.0205. The molecule has 1 amide bonds. The van der Waals surface area contributed by atoms with Crippen molar-refractivity contribution >= 4 is 5.91 Å². The number of ether oxygens (including phenoxy) is 1. The number of H-pyrrole nitrogens is 1. The molecule has 2 atom stereocenters. The normalized spacial score (nSPS) is 21.1. The van der Waals surface area contributed by atoms with E-state index in [1.54, 1.807) is 13.2 Å². The maximum Gasteiger partial charge on any atom is 0.272 e. The van der Waals surface area contributed by atoms with Crippen LogP contribution in [0, 0.1) is 5.92 Å². The molecule has 1 aromatic carbocycles. The monoisotopic (exact) mass is 416 g/mol. The van der Waals surface area contributed by atoms with Crippen LogP contribution < -0.4 is 10.3 Å². The van der Waals surface area contributed by atoms with Gasteiger partial charge >= 0.3 is 0 Å². The third-order valence-electron chi connectivity index (χ3n) is 7.06. The summed E-state index contributed by atoms with van der Waals surface area (Å²) in [5.74, 6) is 1.37. The number of piperidine rings is 1. The van der Waals surface area contributed by atoms with Crippen LogP contribution in [0.3, 0.4) is 0 Å². The Labute approximate surface area is 179 Å². The van der Waals surface area contributed by atoms with Gasteiger partial charge in [0.25, 0.3) is 11.5 Å². The van der Waals surface area contributed by atoms with Gasteiger partial charge in [0.2, 0.25) is 0 Å². The number of benzene rings is 1. The van der Waals surface area contributed by atoms with Gasteiger partial charge in [-0.3, -0.25) is 14.7 Å². The standard InChI is InChI=1S/C24H24N4O3/c1-31-17-6-8-18-15(10-17)5-7-19-22(18)25-26-23(19)24(30)27-11-14-9-16(13-27)20-3-2-4-21(29)28(20)12-14/h2-4,6,8,10,14,16H,5,7,9,11-13H2,1H3,(H,25,26). The number of fused-ring (bicyclic) bond motifs is 7. The number of aryl methyl sites for hydroxylation is 1. The number of amides is 1. The minimum Gasteiger partial charge on any atom is -0.497 e. The predicted molar refractivity (Wildman–Crippen MR) is 115 cm³/mol. The van der Waals surface area contributed by atoms with Crippen molar-refractivity contribution in [2.75, 3.05) is 20.2 Å². The maximum atomic E-state index is 13.5. The van der Waals surface area contributed by atoms with Gasteiger partial charge in [-0.25, -0.2) is 0 Å². The zero-order chi connectivity index (χ0) is 21.1. The number of hydrogen-bond donors (Lipinski definition) is 1. The lowest BCUT2D eigenvalue weighted by molar-refractivity contribution is 0.0587. The summed E-state index contributed by atoms with van der Waals surface area (Å²) in [4.78, 5) is 27.7. The topological polar surface area (TPSA) is 80.2 Å². The highest BCUT2D eigenvalue weighted by Gasteiger charge is 2.38. The molecular formula is C24H24N4O3. The second-order valence-corrected chi connectivity index (χ2v) is 8.86. The van der Waals surface area contributed by atoms with Gasteiger partial charge < -0.3 is 14.2 Å². The second kappa shape index (κ2) is 6.83. The Bertz CT molecular complexity index is 1260. The largest absolute Gasteiger partial charge is 0.497 e. The van der Waals surface area contributed by atoms with Crippen LogP contribution in [0.15, 0.2) is 41.2 Å². The van der Waals surface area contributed by atoms with Crippen molar-refractivity contribution in [1.29, 1.82) is 0 Å². The summed E-state index contributed by atoms with van der Waals surface area (Å²) in [6.45, 7) is 2.00. The zero-order valence-corrected chi connectivity index (χ0v) is 17.4. The first-order valence-corrected chi connectivity index (χ1v) is 10.9. The van der Waals surface area contributed by atoms with Crippen molar-refractivity contribution in [1.82, 2.24) is 19.7 Å². The van der Waals surface area contributed by atoms with Gasteiger partial charge in [-0.1, -0.05) is 6.07 Å². The average Bonchev–Trinajstić information content (AvgIpc) is 3.23. The summed E-state index contributed by atoms with van der Waals surface area (Å²) in [7, 11) is 1.67. The van der Waals surface area contributed by atoms with E-state index in [0.29, 0.717) is 31.2 Å². The molecule has 6 rings (SSSR count). The lowest BCUT2D eigenvalue weighted by atomic mass is 9.82. The predicted octanol–water partition coefficient (Wildman–Crippen LogP) is 2.61. The molecule has 0 spiro atoms. The zero-order valence-electron chi connectivity index (χ0n) is 17.4. The average molecular weight is 416 g/mol. The van der Waals surface area contributed by atoms with E-state index >= 15 is 0 Å². The minimum absolute atomic E-state index is 0.0205. The number of methoxy groups -OCH3 is 1. The number of nitrogens with one attached hydrogen (secondary N) is 1. The van der Waals surface area contributed by atoms with E-state index < -0.39 is 0 Å². The number of carbonyl (C=O) groups excluding carboxylic acids is 1. The summed E-state index contributed by atoms with van der Waals surface area (Å²) in [6, 6.07) is 11.5. The van der Waals surface area contributed by atoms with Crippen molar-refractivity contribution < 1.29 is 9.53 Å². The Hall–Kier alpha value is -3.35. The van der Waals surface area contributed by atoms with Crippen molar-refractivity contribution in [2.45, 2.75) is 31.7 Å². The van der Waals surface area contributed by atoms with E-state index in [9.17, 15) is 9.59 Å². The van der Waals surface area contributed by atoms with Crippen LogP contribution in [0.1, 0.15) is 39.6 Å². The van der Waals surface area contributed by atoms with Gasteiger partial charge in [0, 0.05) is 48.4 Å². The quantitative estimate of drug-likeness (QED) is 0.696. The third-order valence-corrected chi connectivity index (χ3v) is 7.06. The Morgan fingerprint density at radius 3 is 2.94 bits per heavy atom. The van der Waals surface area contributed by atoms with E-state index in [4.69, 9.17) is 4.74 Å². The molecule has 158 valence electrons. The number of carbonyl (C=O) groups is 1. The molecule has 3 aliphatic rings. The Morgan fingerprint density at radius 2 is 2.06 bits per heavy atom. The van der Waals surface area contributed by atoms with Crippen LogP contribution >= 0.6 is 0 Å². The third kappa shape index (κ3) is 2.83. The Kier molecular flexibility index (Phi) is 4.06. The van der Waals surface area contributed by atoms with Gasteiger partial charge in [0.15, 0.2) is 0 Å². The molecule has 1 fully saturated rings. The van der Waals surface area contributed by atoms with Crippen LogP contribution in [0.5, 0.6) is 5.75 Å². The van der Waals surface area contributed by atoms with Crippen molar-refractivity contribution in [2.24, 2.45) is 5.92 Å². The molecule has 1 saturated heterocycles. The fourth-order valence-corrected chi connectivity index (χ4v) is 5.62. The maximum absolute atomic E-state index is 13.5. The molecule has 7 nitrogen and oxygen atoms in total. The first-order chi connectivity index (χ1) is 15.1.